The highest BCUT2D eigenvalue weighted by molar-refractivity contribution is 7.89. The summed E-state index contributed by atoms with van der Waals surface area (Å²) in [5, 5.41) is 8.23. The quantitative estimate of drug-likeness (QED) is 0.646. The molecule has 0 heterocycles. The predicted molar refractivity (Wildman–Crippen MR) is 48.9 cm³/mol. The number of carboxylic acids is 1. The second-order valence-corrected chi connectivity index (χ2v) is 5.14. The lowest BCUT2D eigenvalue weighted by Gasteiger charge is -2.05. The fraction of sp³-hybridized carbons (Fsp3) is 0.857. The van der Waals surface area contributed by atoms with Crippen molar-refractivity contribution in [2.75, 3.05) is 12.3 Å². The highest BCUT2D eigenvalue weighted by atomic mass is 32.2. The van der Waals surface area contributed by atoms with E-state index in [0.717, 1.165) is 0 Å². The van der Waals surface area contributed by atoms with Gasteiger partial charge in [0.05, 0.1) is 5.75 Å². The molecule has 0 saturated carbocycles. The second kappa shape index (κ2) is 5.18. The summed E-state index contributed by atoms with van der Waals surface area (Å²) in [5.74, 6) is -0.896. The molecule has 0 atom stereocenters. The molecular formula is C7H15NO4S. The van der Waals surface area contributed by atoms with Gasteiger partial charge < -0.3 is 5.11 Å². The first-order valence-corrected chi connectivity index (χ1v) is 5.68. The molecule has 0 radical (unpaired) electrons. The SMILES string of the molecule is CC(C)CCS(=O)(=O)NCC(=O)O. The lowest BCUT2D eigenvalue weighted by Crippen LogP contribution is -2.31. The Morgan fingerprint density at radius 2 is 2.00 bits per heavy atom. The van der Waals surface area contributed by atoms with Crippen LogP contribution in [0.5, 0.6) is 0 Å². The summed E-state index contributed by atoms with van der Waals surface area (Å²) in [6, 6.07) is 0. The van der Waals surface area contributed by atoms with E-state index in [9.17, 15) is 13.2 Å². The molecule has 78 valence electrons. The van der Waals surface area contributed by atoms with Crippen molar-refractivity contribution in [3.63, 3.8) is 0 Å². The first-order valence-electron chi connectivity index (χ1n) is 4.02. The van der Waals surface area contributed by atoms with Crippen molar-refractivity contribution >= 4 is 16.0 Å². The summed E-state index contributed by atoms with van der Waals surface area (Å²) in [7, 11) is -3.40. The van der Waals surface area contributed by atoms with Crippen molar-refractivity contribution in [1.29, 1.82) is 0 Å². The molecule has 0 unspecified atom stereocenters. The van der Waals surface area contributed by atoms with Crippen molar-refractivity contribution < 1.29 is 18.3 Å². The fourth-order valence-corrected chi connectivity index (χ4v) is 1.90. The maximum atomic E-state index is 11.1. The Morgan fingerprint density at radius 3 is 2.38 bits per heavy atom. The summed E-state index contributed by atoms with van der Waals surface area (Å²) < 4.78 is 24.1. The summed E-state index contributed by atoms with van der Waals surface area (Å²) in [6.07, 6.45) is 0.537. The van der Waals surface area contributed by atoms with Crippen molar-refractivity contribution in [1.82, 2.24) is 4.72 Å². The monoisotopic (exact) mass is 209 g/mol. The highest BCUT2D eigenvalue weighted by Gasteiger charge is 2.11. The number of nitrogens with one attached hydrogen (secondary N) is 1. The van der Waals surface area contributed by atoms with Crippen LogP contribution in [-0.2, 0) is 14.8 Å². The third-order valence-electron chi connectivity index (χ3n) is 1.41. The molecule has 0 aliphatic carbocycles. The average molecular weight is 209 g/mol. The van der Waals surface area contributed by atoms with Gasteiger partial charge in [0.2, 0.25) is 10.0 Å². The number of hydrogen-bond acceptors (Lipinski definition) is 3. The summed E-state index contributed by atoms with van der Waals surface area (Å²) >= 11 is 0. The molecule has 5 nitrogen and oxygen atoms in total. The first kappa shape index (κ1) is 12.4. The molecule has 0 aromatic rings. The molecule has 0 aromatic carbocycles. The molecule has 0 amide bonds. The number of aliphatic carboxylic acids is 1. The van der Waals surface area contributed by atoms with E-state index in [4.69, 9.17) is 5.11 Å². The molecule has 6 heteroatoms. The zero-order valence-corrected chi connectivity index (χ0v) is 8.60. The number of rotatable bonds is 6. The maximum Gasteiger partial charge on any atom is 0.318 e. The number of hydrogen-bond donors (Lipinski definition) is 2. The molecule has 0 saturated heterocycles. The highest BCUT2D eigenvalue weighted by Crippen LogP contribution is 2.01. The topological polar surface area (TPSA) is 83.5 Å². The van der Waals surface area contributed by atoms with E-state index in [0.29, 0.717) is 12.3 Å². The van der Waals surface area contributed by atoms with Gasteiger partial charge in [-0.3, -0.25) is 4.79 Å². The van der Waals surface area contributed by atoms with Crippen molar-refractivity contribution in [2.24, 2.45) is 5.92 Å². The predicted octanol–water partition coefficient (Wildman–Crippen LogP) is 0.0365. The lowest BCUT2D eigenvalue weighted by atomic mass is 10.2. The Kier molecular flexibility index (Phi) is 4.94. The van der Waals surface area contributed by atoms with Gasteiger partial charge in [-0.1, -0.05) is 13.8 Å². The van der Waals surface area contributed by atoms with Crippen LogP contribution in [0.1, 0.15) is 20.3 Å². The fourth-order valence-electron chi connectivity index (χ4n) is 0.635. The summed E-state index contributed by atoms with van der Waals surface area (Å²) in [5.41, 5.74) is 0. The Hall–Kier alpha value is -0.620. The van der Waals surface area contributed by atoms with Gasteiger partial charge in [-0.2, -0.15) is 0 Å². The van der Waals surface area contributed by atoms with Crippen LogP contribution in [0.3, 0.4) is 0 Å². The van der Waals surface area contributed by atoms with Gasteiger partial charge in [0, 0.05) is 0 Å². The number of carbonyl (C=O) groups is 1. The van der Waals surface area contributed by atoms with E-state index in [1.54, 1.807) is 0 Å². The van der Waals surface area contributed by atoms with Gasteiger partial charge >= 0.3 is 5.97 Å². The van der Waals surface area contributed by atoms with Crippen LogP contribution in [0.15, 0.2) is 0 Å². The zero-order chi connectivity index (χ0) is 10.5. The smallest absolute Gasteiger partial charge is 0.318 e. The minimum absolute atomic E-state index is 0.0159. The molecule has 0 fully saturated rings. The third-order valence-corrected chi connectivity index (χ3v) is 2.76. The minimum Gasteiger partial charge on any atom is -0.480 e. The first-order chi connectivity index (χ1) is 5.83. The van der Waals surface area contributed by atoms with Crippen molar-refractivity contribution in [3.8, 4) is 0 Å². The van der Waals surface area contributed by atoms with E-state index in [-0.39, 0.29) is 5.75 Å². The van der Waals surface area contributed by atoms with Crippen LogP contribution < -0.4 is 4.72 Å². The molecule has 0 rings (SSSR count). The molecular weight excluding hydrogens is 194 g/mol. The minimum atomic E-state index is -3.40. The summed E-state index contributed by atoms with van der Waals surface area (Å²) in [6.45, 7) is 3.28. The molecule has 0 bridgehead atoms. The van der Waals surface area contributed by atoms with Crippen LogP contribution in [0, 0.1) is 5.92 Å². The average Bonchev–Trinajstić information content (AvgIpc) is 1.98. The Balaban J connectivity index is 3.88. The second-order valence-electron chi connectivity index (χ2n) is 3.22. The van der Waals surface area contributed by atoms with Crippen LogP contribution in [0.25, 0.3) is 0 Å². The van der Waals surface area contributed by atoms with Gasteiger partial charge in [-0.15, -0.1) is 0 Å². The van der Waals surface area contributed by atoms with Gasteiger partial charge in [-0.05, 0) is 12.3 Å². The van der Waals surface area contributed by atoms with Crippen LogP contribution in [0.4, 0.5) is 0 Å². The molecule has 2 N–H and O–H groups in total. The van der Waals surface area contributed by atoms with Crippen LogP contribution in [0.2, 0.25) is 0 Å². The third kappa shape index (κ3) is 7.73. The van der Waals surface area contributed by atoms with Gasteiger partial charge in [0.1, 0.15) is 6.54 Å². The molecule has 0 spiro atoms. The van der Waals surface area contributed by atoms with Gasteiger partial charge in [-0.25, -0.2) is 13.1 Å². The molecule has 13 heavy (non-hydrogen) atoms. The van der Waals surface area contributed by atoms with E-state index in [2.05, 4.69) is 0 Å². The normalized spacial score (nSPS) is 11.9. The number of carboxylic acid groups (broad SMARTS) is 1. The lowest BCUT2D eigenvalue weighted by molar-refractivity contribution is -0.135. The molecule has 0 aliphatic heterocycles. The standard InChI is InChI=1S/C7H15NO4S/c1-6(2)3-4-13(11,12)8-5-7(9)10/h6,8H,3-5H2,1-2H3,(H,9,10). The van der Waals surface area contributed by atoms with E-state index in [1.807, 2.05) is 18.6 Å². The molecule has 0 aromatic heterocycles. The Labute approximate surface area is 78.2 Å². The van der Waals surface area contributed by atoms with E-state index in [1.165, 1.54) is 0 Å². The van der Waals surface area contributed by atoms with E-state index < -0.39 is 22.5 Å². The van der Waals surface area contributed by atoms with Crippen LogP contribution in [-0.4, -0.2) is 31.8 Å². The zero-order valence-electron chi connectivity index (χ0n) is 7.78. The Morgan fingerprint density at radius 1 is 1.46 bits per heavy atom. The van der Waals surface area contributed by atoms with Crippen LogP contribution >= 0.6 is 0 Å². The summed E-state index contributed by atoms with van der Waals surface area (Å²) in [4.78, 5) is 10.1. The van der Waals surface area contributed by atoms with Gasteiger partial charge in [0.15, 0.2) is 0 Å². The molecule has 0 aliphatic rings. The van der Waals surface area contributed by atoms with Crippen molar-refractivity contribution in [3.05, 3.63) is 0 Å². The maximum absolute atomic E-state index is 11.1. The van der Waals surface area contributed by atoms with Crippen molar-refractivity contribution in [2.45, 2.75) is 20.3 Å². The van der Waals surface area contributed by atoms with Gasteiger partial charge in [0.25, 0.3) is 0 Å². The van der Waals surface area contributed by atoms with E-state index >= 15 is 0 Å². The number of sulfonamides is 1. The Bertz CT molecular complexity index is 258. The largest absolute Gasteiger partial charge is 0.480 e.